The lowest BCUT2D eigenvalue weighted by atomic mass is 9.68. The highest BCUT2D eigenvalue weighted by molar-refractivity contribution is 5.92. The second-order valence-electron chi connectivity index (χ2n) is 11.9. The number of esters is 1. The van der Waals surface area contributed by atoms with E-state index < -0.39 is 34.7 Å². The van der Waals surface area contributed by atoms with E-state index in [4.69, 9.17) is 14.5 Å². The van der Waals surface area contributed by atoms with Gasteiger partial charge in [0.05, 0.1) is 7.11 Å². The molecule has 2 aliphatic heterocycles. The highest BCUT2D eigenvalue weighted by Crippen LogP contribution is 2.74. The van der Waals surface area contributed by atoms with E-state index in [9.17, 15) is 9.90 Å². The molecule has 7 rings (SSSR count). The van der Waals surface area contributed by atoms with E-state index in [-0.39, 0.29) is 0 Å². The van der Waals surface area contributed by atoms with Crippen molar-refractivity contribution in [1.82, 2.24) is 5.32 Å². The van der Waals surface area contributed by atoms with Crippen LogP contribution >= 0.6 is 0 Å². The number of methoxy groups -OCH3 is 1. The van der Waals surface area contributed by atoms with E-state index in [1.54, 1.807) is 0 Å². The summed E-state index contributed by atoms with van der Waals surface area (Å²) in [5.74, 6) is -0.943. The molecule has 1 fully saturated rings. The predicted octanol–water partition coefficient (Wildman–Crippen LogP) is 5.61. The van der Waals surface area contributed by atoms with Crippen LogP contribution in [0, 0.1) is 26.7 Å². The zero-order chi connectivity index (χ0) is 29.3. The number of benzene rings is 4. The van der Waals surface area contributed by atoms with Gasteiger partial charge in [-0.1, -0.05) is 96.6 Å². The van der Waals surface area contributed by atoms with Crippen LogP contribution in [0.2, 0.25) is 0 Å². The lowest BCUT2D eigenvalue weighted by molar-refractivity contribution is -0.158. The third-order valence-electron chi connectivity index (χ3n) is 9.33. The van der Waals surface area contributed by atoms with E-state index in [0.717, 1.165) is 38.9 Å². The number of hydrogen-bond acceptors (Lipinski definition) is 6. The van der Waals surface area contributed by atoms with Gasteiger partial charge in [-0.05, 0) is 54.7 Å². The largest absolute Gasteiger partial charge is 0.478 e. The lowest BCUT2D eigenvalue weighted by Gasteiger charge is -2.42. The number of nitrogens with zero attached hydrogens (tertiary/aromatic N) is 1. The molecule has 0 aromatic heterocycles. The molecule has 6 heteroatoms. The fraction of sp³-hybridized carbons (Fsp3) is 0.278. The molecule has 3 aliphatic rings. The van der Waals surface area contributed by atoms with Crippen molar-refractivity contribution in [2.45, 2.75) is 50.0 Å². The maximum absolute atomic E-state index is 14.0. The fourth-order valence-electron chi connectivity index (χ4n) is 7.85. The van der Waals surface area contributed by atoms with Crippen molar-refractivity contribution in [1.29, 1.82) is 0 Å². The Hall–Kier alpha value is -4.42. The molecule has 4 aromatic rings. The number of carbonyl (C=O) groups excluding carboxylic acids is 1. The number of aliphatic imine (C=N–C) groups is 1. The van der Waals surface area contributed by atoms with Crippen LogP contribution in [-0.4, -0.2) is 29.7 Å². The van der Waals surface area contributed by atoms with Gasteiger partial charge in [-0.3, -0.25) is 9.79 Å². The van der Waals surface area contributed by atoms with Crippen molar-refractivity contribution in [3.05, 3.63) is 136 Å². The predicted molar refractivity (Wildman–Crippen MR) is 161 cm³/mol. The molecule has 42 heavy (non-hydrogen) atoms. The number of aryl methyl sites for hydroxylation is 3. The third kappa shape index (κ3) is 3.36. The van der Waals surface area contributed by atoms with E-state index in [1.807, 2.05) is 112 Å². The standard InChI is InChI=1S/C36H34N2O4/c1-22-15-17-27(18-16-22)34-31(26-13-9-6-10-14-26)32(33(39)41-4)36(40)35(34,30-24(3)19-23(2)20-28(30)42-34)37-29(38-36)21-25-11-7-5-8-12-25/h5-20,31-32,40H,21H2,1-4H3,(H,37,38)/t31-,32+,34+,35-,36-/m1/s1. The van der Waals surface area contributed by atoms with Crippen LogP contribution in [0.3, 0.4) is 0 Å². The summed E-state index contributed by atoms with van der Waals surface area (Å²) in [5, 5.41) is 16.7. The van der Waals surface area contributed by atoms with Gasteiger partial charge in [-0.2, -0.15) is 0 Å². The molecule has 1 aliphatic carbocycles. The van der Waals surface area contributed by atoms with E-state index in [1.165, 1.54) is 7.11 Å². The van der Waals surface area contributed by atoms with Crippen molar-refractivity contribution in [2.24, 2.45) is 10.9 Å². The average Bonchev–Trinajstić information content (AvgIpc) is 3.50. The number of hydrogen-bond donors (Lipinski definition) is 2. The molecule has 212 valence electrons. The topological polar surface area (TPSA) is 80.2 Å². The summed E-state index contributed by atoms with van der Waals surface area (Å²) in [7, 11) is 1.37. The van der Waals surface area contributed by atoms with Gasteiger partial charge < -0.3 is 19.9 Å². The Bertz CT molecular complexity index is 1720. The molecule has 0 unspecified atom stereocenters. The van der Waals surface area contributed by atoms with Gasteiger partial charge in [0.15, 0.2) is 16.9 Å². The summed E-state index contributed by atoms with van der Waals surface area (Å²) in [6.07, 6.45) is 0.457. The van der Waals surface area contributed by atoms with E-state index in [0.29, 0.717) is 18.0 Å². The molecule has 2 N–H and O–H groups in total. The molecule has 5 atom stereocenters. The Kier molecular flexibility index (Phi) is 5.86. The van der Waals surface area contributed by atoms with Crippen LogP contribution in [0.5, 0.6) is 5.75 Å². The smallest absolute Gasteiger partial charge is 0.314 e. The van der Waals surface area contributed by atoms with Crippen molar-refractivity contribution in [3.63, 3.8) is 0 Å². The van der Waals surface area contributed by atoms with Crippen molar-refractivity contribution >= 4 is 11.8 Å². The number of nitrogens with one attached hydrogen (secondary N) is 1. The molecule has 0 saturated heterocycles. The van der Waals surface area contributed by atoms with Gasteiger partial charge in [0.1, 0.15) is 17.5 Å². The SMILES string of the molecule is COC(=O)[C@@H]1[C@@H](c2ccccc2)[C@]2(c3ccc(C)cc3)Oc3cc(C)cc(C)c3[C@@]23N=C(Cc2ccccc2)N[C@@]13O. The highest BCUT2D eigenvalue weighted by Gasteiger charge is 2.86. The first-order valence-corrected chi connectivity index (χ1v) is 14.4. The minimum absolute atomic E-state index is 0.457. The van der Waals surface area contributed by atoms with Gasteiger partial charge in [0.25, 0.3) is 0 Å². The van der Waals surface area contributed by atoms with Gasteiger partial charge in [0.2, 0.25) is 0 Å². The van der Waals surface area contributed by atoms with Crippen molar-refractivity contribution in [2.75, 3.05) is 7.11 Å². The highest BCUT2D eigenvalue weighted by atomic mass is 16.5. The summed E-state index contributed by atoms with van der Waals surface area (Å²) < 4.78 is 12.7. The summed E-state index contributed by atoms with van der Waals surface area (Å²) >= 11 is 0. The Morgan fingerprint density at radius 3 is 2.26 bits per heavy atom. The number of carbonyl (C=O) groups is 1. The molecule has 0 bridgehead atoms. The van der Waals surface area contributed by atoms with E-state index >= 15 is 0 Å². The monoisotopic (exact) mass is 558 g/mol. The number of ether oxygens (including phenoxy) is 2. The minimum Gasteiger partial charge on any atom is -0.478 e. The number of fused-ring (bicyclic) bond motifs is 1. The molecular weight excluding hydrogens is 524 g/mol. The zero-order valence-corrected chi connectivity index (χ0v) is 24.2. The molecule has 0 radical (unpaired) electrons. The Morgan fingerprint density at radius 2 is 1.60 bits per heavy atom. The van der Waals surface area contributed by atoms with Crippen LogP contribution in [0.1, 0.15) is 44.9 Å². The second kappa shape index (κ2) is 9.30. The van der Waals surface area contributed by atoms with Crippen LogP contribution < -0.4 is 10.1 Å². The molecule has 4 aromatic carbocycles. The first kappa shape index (κ1) is 26.5. The number of aliphatic hydroxyl groups is 1. The maximum Gasteiger partial charge on any atom is 0.314 e. The van der Waals surface area contributed by atoms with Gasteiger partial charge >= 0.3 is 5.97 Å². The number of amidine groups is 1. The molecule has 1 spiro atoms. The molecule has 2 heterocycles. The Morgan fingerprint density at radius 1 is 0.929 bits per heavy atom. The van der Waals surface area contributed by atoms with Crippen LogP contribution in [-0.2, 0) is 27.1 Å². The Balaban J connectivity index is 1.61. The quantitative estimate of drug-likeness (QED) is 0.311. The first-order valence-electron chi connectivity index (χ1n) is 14.4. The van der Waals surface area contributed by atoms with Crippen molar-refractivity contribution < 1.29 is 19.4 Å². The van der Waals surface area contributed by atoms with Crippen LogP contribution in [0.15, 0.2) is 102 Å². The molecule has 1 saturated carbocycles. The maximum atomic E-state index is 14.0. The summed E-state index contributed by atoms with van der Waals surface area (Å²) in [4.78, 5) is 19.5. The van der Waals surface area contributed by atoms with Gasteiger partial charge in [-0.25, -0.2) is 0 Å². The molecule has 0 amide bonds. The average molecular weight is 559 g/mol. The molecule has 6 nitrogen and oxygen atoms in total. The normalized spacial score (nSPS) is 28.6. The first-order chi connectivity index (χ1) is 20.2. The third-order valence-corrected chi connectivity index (χ3v) is 9.33. The molecular formula is C36H34N2O4. The number of rotatable bonds is 5. The van der Waals surface area contributed by atoms with Gasteiger partial charge in [-0.15, -0.1) is 0 Å². The van der Waals surface area contributed by atoms with Crippen LogP contribution in [0.4, 0.5) is 0 Å². The van der Waals surface area contributed by atoms with Gasteiger partial charge in [0, 0.05) is 17.9 Å². The fourth-order valence-corrected chi connectivity index (χ4v) is 7.85. The minimum atomic E-state index is -1.86. The second-order valence-corrected chi connectivity index (χ2v) is 11.9. The lowest BCUT2D eigenvalue weighted by Crippen LogP contribution is -2.62. The zero-order valence-electron chi connectivity index (χ0n) is 24.2. The van der Waals surface area contributed by atoms with E-state index in [2.05, 4.69) is 11.4 Å². The summed E-state index contributed by atoms with van der Waals surface area (Å²) in [6.45, 7) is 6.11. The van der Waals surface area contributed by atoms with Crippen LogP contribution in [0.25, 0.3) is 0 Å². The Labute approximate surface area is 246 Å². The summed E-state index contributed by atoms with van der Waals surface area (Å²) in [5.41, 5.74) is 2.09. The van der Waals surface area contributed by atoms with Crippen molar-refractivity contribution in [3.8, 4) is 5.75 Å². The summed E-state index contributed by atoms with van der Waals surface area (Å²) in [6, 6.07) is 32.1.